The molecule has 0 radical (unpaired) electrons. The van der Waals surface area contributed by atoms with Gasteiger partial charge in [-0.3, -0.25) is 5.32 Å². The van der Waals surface area contributed by atoms with Gasteiger partial charge >= 0.3 is 6.03 Å². The number of phenols is 1. The minimum absolute atomic E-state index is 0.0682. The number of hydrogen-bond acceptors (Lipinski definition) is 6. The highest BCUT2D eigenvalue weighted by atomic mass is 32.1. The number of carbonyl (C=O) groups excluding carboxylic acids is 1. The van der Waals surface area contributed by atoms with E-state index in [0.29, 0.717) is 16.4 Å². The minimum Gasteiger partial charge on any atom is -0.507 e. The van der Waals surface area contributed by atoms with Gasteiger partial charge in [0.2, 0.25) is 0 Å². The van der Waals surface area contributed by atoms with Crippen LogP contribution in [0.4, 0.5) is 15.6 Å². The van der Waals surface area contributed by atoms with E-state index in [4.69, 9.17) is 0 Å². The molecule has 1 aromatic heterocycles. The van der Waals surface area contributed by atoms with E-state index in [0.717, 1.165) is 32.4 Å². The fourth-order valence-electron chi connectivity index (χ4n) is 2.52. The summed E-state index contributed by atoms with van der Waals surface area (Å²) in [6, 6.07) is 4.23. The number of likely N-dealkylation sites (tertiary alicyclic amines) is 1. The number of urea groups is 1. The number of nitrogens with one attached hydrogen (secondary N) is 1. The van der Waals surface area contributed by atoms with Gasteiger partial charge in [0.25, 0.3) is 0 Å². The first-order chi connectivity index (χ1) is 11.2. The number of nitrogens with zero attached hydrogens (tertiary/aromatic N) is 3. The zero-order valence-electron chi connectivity index (χ0n) is 12.4. The molecule has 1 fully saturated rings. The highest BCUT2D eigenvalue weighted by Crippen LogP contribution is 2.34. The molecule has 1 aliphatic heterocycles. The lowest BCUT2D eigenvalue weighted by atomic mass is 10.1. The molecule has 23 heavy (non-hydrogen) atoms. The Balaban J connectivity index is 1.72. The molecular formula is C15H16N4O3S. The monoisotopic (exact) mass is 332 g/mol. The second-order valence-corrected chi connectivity index (χ2v) is 6.17. The number of aromatic nitrogens is 1. The molecule has 8 heteroatoms. The van der Waals surface area contributed by atoms with Crippen LogP contribution in [0.5, 0.6) is 5.75 Å². The molecule has 0 saturated carbocycles. The molecule has 1 aromatic carbocycles. The van der Waals surface area contributed by atoms with Crippen molar-refractivity contribution in [2.75, 3.05) is 18.4 Å². The number of carbonyl (C=O) groups is 1. The first kappa shape index (κ1) is 15.4. The largest absolute Gasteiger partial charge is 0.507 e. The van der Waals surface area contributed by atoms with Gasteiger partial charge in [-0.15, -0.1) is 16.2 Å². The van der Waals surface area contributed by atoms with E-state index in [1.54, 1.807) is 16.3 Å². The van der Waals surface area contributed by atoms with E-state index in [2.05, 4.69) is 15.5 Å². The second-order valence-electron chi connectivity index (χ2n) is 5.31. The lowest BCUT2D eigenvalue weighted by molar-refractivity contribution is 0.200. The number of hydrogen-bond donors (Lipinski definition) is 2. The Labute approximate surface area is 136 Å². The van der Waals surface area contributed by atoms with Crippen LogP contribution in [-0.2, 0) is 0 Å². The maximum atomic E-state index is 12.1. The lowest BCUT2D eigenvalue weighted by Crippen LogP contribution is -2.38. The third-order valence-electron chi connectivity index (χ3n) is 3.72. The van der Waals surface area contributed by atoms with Crippen LogP contribution in [-0.4, -0.2) is 34.1 Å². The molecule has 0 aliphatic carbocycles. The van der Waals surface area contributed by atoms with Crippen molar-refractivity contribution in [1.82, 2.24) is 9.88 Å². The van der Waals surface area contributed by atoms with E-state index in [9.17, 15) is 14.8 Å². The third kappa shape index (κ3) is 3.48. The molecule has 2 aromatic rings. The summed E-state index contributed by atoms with van der Waals surface area (Å²) in [7, 11) is 0. The van der Waals surface area contributed by atoms with Crippen molar-refractivity contribution in [3.05, 3.63) is 28.5 Å². The lowest BCUT2D eigenvalue weighted by Gasteiger charge is -2.26. The maximum Gasteiger partial charge on any atom is 0.323 e. The van der Waals surface area contributed by atoms with Crippen molar-refractivity contribution in [3.63, 3.8) is 0 Å². The Kier molecular flexibility index (Phi) is 4.52. The van der Waals surface area contributed by atoms with Crippen LogP contribution in [0.25, 0.3) is 11.3 Å². The zero-order valence-corrected chi connectivity index (χ0v) is 13.2. The van der Waals surface area contributed by atoms with E-state index < -0.39 is 0 Å². The Morgan fingerprint density at radius 2 is 2.09 bits per heavy atom. The van der Waals surface area contributed by atoms with E-state index in [1.165, 1.54) is 23.5 Å². The third-order valence-corrected chi connectivity index (χ3v) is 4.48. The Morgan fingerprint density at radius 1 is 1.30 bits per heavy atom. The van der Waals surface area contributed by atoms with Gasteiger partial charge in [0.05, 0.1) is 5.69 Å². The molecule has 0 unspecified atom stereocenters. The molecular weight excluding hydrogens is 316 g/mol. The number of benzene rings is 1. The zero-order chi connectivity index (χ0) is 16.2. The van der Waals surface area contributed by atoms with Crippen molar-refractivity contribution < 1.29 is 9.90 Å². The van der Waals surface area contributed by atoms with Crippen molar-refractivity contribution >= 4 is 28.2 Å². The Bertz CT molecular complexity index is 725. The van der Waals surface area contributed by atoms with Crippen molar-refractivity contribution in [2.24, 2.45) is 5.18 Å². The smallest absolute Gasteiger partial charge is 0.323 e. The second kappa shape index (κ2) is 6.74. The normalized spacial score (nSPS) is 14.5. The molecule has 2 N–H and O–H groups in total. The van der Waals surface area contributed by atoms with E-state index >= 15 is 0 Å². The van der Waals surface area contributed by atoms with Crippen LogP contribution in [0.15, 0.2) is 28.8 Å². The van der Waals surface area contributed by atoms with Gasteiger partial charge in [-0.05, 0) is 36.6 Å². The highest BCUT2D eigenvalue weighted by Gasteiger charge is 2.18. The molecule has 3 rings (SSSR count). The van der Waals surface area contributed by atoms with Gasteiger partial charge < -0.3 is 10.0 Å². The minimum atomic E-state index is -0.143. The van der Waals surface area contributed by atoms with Gasteiger partial charge in [-0.25, -0.2) is 9.78 Å². The molecule has 0 spiro atoms. The number of amides is 2. The van der Waals surface area contributed by atoms with Crippen molar-refractivity contribution in [2.45, 2.75) is 19.3 Å². The number of aromatic hydroxyl groups is 1. The summed E-state index contributed by atoms with van der Waals surface area (Å²) in [4.78, 5) is 28.7. The summed E-state index contributed by atoms with van der Waals surface area (Å²) in [5.74, 6) is -0.0682. The van der Waals surface area contributed by atoms with Crippen LogP contribution < -0.4 is 5.32 Å². The maximum absolute atomic E-state index is 12.1. The van der Waals surface area contributed by atoms with Crippen LogP contribution in [0.1, 0.15) is 19.3 Å². The average Bonchev–Trinajstić information content (AvgIpc) is 3.03. The molecule has 2 amide bonds. The summed E-state index contributed by atoms with van der Waals surface area (Å²) in [5.41, 5.74) is 1.19. The van der Waals surface area contributed by atoms with Crippen molar-refractivity contribution in [3.8, 4) is 17.0 Å². The molecule has 2 heterocycles. The molecule has 0 atom stereocenters. The van der Waals surface area contributed by atoms with Crippen LogP contribution in [0, 0.1) is 4.91 Å². The van der Waals surface area contributed by atoms with Gasteiger partial charge in [-0.1, -0.05) is 0 Å². The number of anilines is 1. The number of thiazole rings is 1. The van der Waals surface area contributed by atoms with Gasteiger partial charge in [-0.2, -0.15) is 0 Å². The summed E-state index contributed by atoms with van der Waals surface area (Å²) in [6.45, 7) is 1.54. The van der Waals surface area contributed by atoms with Gasteiger partial charge in [0.1, 0.15) is 11.4 Å². The molecule has 0 bridgehead atoms. The SMILES string of the molecule is O=Nc1ccc(-c2csc(NC(=O)N3CCCCC3)n2)c(O)c1. The molecule has 1 aliphatic rings. The predicted octanol–water partition coefficient (Wildman–Crippen LogP) is 3.93. The summed E-state index contributed by atoms with van der Waals surface area (Å²) >= 11 is 1.29. The number of piperidine rings is 1. The first-order valence-electron chi connectivity index (χ1n) is 7.35. The fraction of sp³-hybridized carbons (Fsp3) is 0.333. The topological polar surface area (TPSA) is 94.9 Å². The summed E-state index contributed by atoms with van der Waals surface area (Å²) in [5, 5.41) is 17.7. The van der Waals surface area contributed by atoms with Crippen LogP contribution in [0.2, 0.25) is 0 Å². The summed E-state index contributed by atoms with van der Waals surface area (Å²) < 4.78 is 0. The number of rotatable bonds is 3. The predicted molar refractivity (Wildman–Crippen MR) is 89.1 cm³/mol. The molecule has 1 saturated heterocycles. The van der Waals surface area contributed by atoms with Crippen LogP contribution in [0.3, 0.4) is 0 Å². The Morgan fingerprint density at radius 3 is 2.78 bits per heavy atom. The molecule has 120 valence electrons. The molecule has 7 nitrogen and oxygen atoms in total. The number of phenolic OH excluding ortho intramolecular Hbond substituents is 1. The number of nitroso groups, excluding NO2 is 1. The Hall–Kier alpha value is -2.48. The standard InChI is InChI=1S/C15H16N4O3S/c20-13-8-10(18-22)4-5-11(13)12-9-23-14(16-12)17-15(21)19-6-2-1-3-7-19/h4-5,8-9,20H,1-3,6-7H2,(H,16,17,21). The van der Waals surface area contributed by atoms with Crippen LogP contribution >= 0.6 is 11.3 Å². The highest BCUT2D eigenvalue weighted by molar-refractivity contribution is 7.14. The summed E-state index contributed by atoms with van der Waals surface area (Å²) in [6.07, 6.45) is 3.22. The van der Waals surface area contributed by atoms with E-state index in [1.807, 2.05) is 0 Å². The average molecular weight is 332 g/mol. The van der Waals surface area contributed by atoms with Gasteiger partial charge in [0.15, 0.2) is 5.13 Å². The first-order valence-corrected chi connectivity index (χ1v) is 8.23. The van der Waals surface area contributed by atoms with Crippen molar-refractivity contribution in [1.29, 1.82) is 0 Å². The van der Waals surface area contributed by atoms with E-state index in [-0.39, 0.29) is 17.5 Å². The fourth-order valence-corrected chi connectivity index (χ4v) is 3.22. The quantitative estimate of drug-likeness (QED) is 0.832. The van der Waals surface area contributed by atoms with Gasteiger partial charge in [0, 0.05) is 30.1 Å².